The molecule has 2 heterocycles. The van der Waals surface area contributed by atoms with Crippen molar-refractivity contribution in [3.63, 3.8) is 0 Å². The molecule has 132 valence electrons. The van der Waals surface area contributed by atoms with Crippen LogP contribution in [0.3, 0.4) is 0 Å². The van der Waals surface area contributed by atoms with Crippen LogP contribution in [0.2, 0.25) is 10.0 Å². The van der Waals surface area contributed by atoms with E-state index in [1.165, 1.54) is 0 Å². The number of carbonyl (C=O) groups is 1. The van der Waals surface area contributed by atoms with Crippen LogP contribution in [0.5, 0.6) is 0 Å². The molecule has 1 aromatic heterocycles. The quantitative estimate of drug-likeness (QED) is 0.626. The molecule has 3 aromatic rings. The molecule has 2 aromatic carbocycles. The van der Waals surface area contributed by atoms with Crippen molar-refractivity contribution in [1.29, 1.82) is 0 Å². The Hall–Kier alpha value is -2.30. The fraction of sp³-hybridized carbons (Fsp3) is 0.200. The van der Waals surface area contributed by atoms with Gasteiger partial charge in [0.2, 0.25) is 5.91 Å². The predicted octanol–water partition coefficient (Wildman–Crippen LogP) is 5.25. The van der Waals surface area contributed by atoms with Crippen LogP contribution in [0.15, 0.2) is 48.5 Å². The third-order valence-electron chi connectivity index (χ3n) is 4.62. The van der Waals surface area contributed by atoms with Gasteiger partial charge in [-0.3, -0.25) is 4.79 Å². The molecule has 1 fully saturated rings. The molecular weight excluding hydrogens is 369 g/mol. The minimum absolute atomic E-state index is 0.0200. The van der Waals surface area contributed by atoms with Gasteiger partial charge in [0.15, 0.2) is 0 Å². The Morgan fingerprint density at radius 2 is 2.04 bits per heavy atom. The zero-order valence-electron chi connectivity index (χ0n) is 14.0. The maximum absolute atomic E-state index is 12.7. The Balaban J connectivity index is 1.54. The Kier molecular flexibility index (Phi) is 4.70. The molecule has 0 aliphatic carbocycles. The summed E-state index contributed by atoms with van der Waals surface area (Å²) in [6.45, 7) is 0.728. The first-order valence-corrected chi connectivity index (χ1v) is 9.26. The van der Waals surface area contributed by atoms with Crippen molar-refractivity contribution in [3.05, 3.63) is 70.0 Å². The third kappa shape index (κ3) is 3.35. The highest BCUT2D eigenvalue weighted by molar-refractivity contribution is 6.42. The van der Waals surface area contributed by atoms with Crippen LogP contribution in [0, 0.1) is 0 Å². The molecule has 6 heteroatoms. The molecule has 1 aliphatic heterocycles. The van der Waals surface area contributed by atoms with Crippen molar-refractivity contribution >= 4 is 46.2 Å². The van der Waals surface area contributed by atoms with Crippen LogP contribution >= 0.6 is 23.2 Å². The molecule has 1 atom stereocenters. The van der Waals surface area contributed by atoms with E-state index in [1.807, 2.05) is 35.2 Å². The van der Waals surface area contributed by atoms with E-state index < -0.39 is 0 Å². The van der Waals surface area contributed by atoms with Crippen molar-refractivity contribution in [2.75, 3.05) is 6.54 Å². The summed E-state index contributed by atoms with van der Waals surface area (Å²) in [5.41, 5.74) is 2.76. The topological polar surface area (TPSA) is 49.0 Å². The van der Waals surface area contributed by atoms with Crippen molar-refractivity contribution in [2.45, 2.75) is 18.9 Å². The van der Waals surface area contributed by atoms with Crippen LogP contribution in [-0.2, 0) is 4.79 Å². The highest BCUT2D eigenvalue weighted by atomic mass is 35.5. The summed E-state index contributed by atoms with van der Waals surface area (Å²) in [6, 6.07) is 13.2. The predicted molar refractivity (Wildman–Crippen MR) is 105 cm³/mol. The number of nitrogens with one attached hydrogen (secondary N) is 1. The lowest BCUT2D eigenvalue weighted by Crippen LogP contribution is -2.29. The Labute approximate surface area is 161 Å². The zero-order chi connectivity index (χ0) is 18.1. The van der Waals surface area contributed by atoms with E-state index in [-0.39, 0.29) is 11.9 Å². The standard InChI is InChI=1S/C20H17Cl2N3O/c21-14-9-7-13(12-15(14)22)8-10-19(26)25-11-3-6-18(25)20-23-16-4-1-2-5-17(16)24-20/h1-2,4-5,7-10,12,18H,3,6,11H2,(H,23,24)/b10-8+. The lowest BCUT2D eigenvalue weighted by atomic mass is 10.2. The van der Waals surface area contributed by atoms with Crippen LogP contribution in [0.1, 0.15) is 30.3 Å². The van der Waals surface area contributed by atoms with Gasteiger partial charge in [-0.1, -0.05) is 41.4 Å². The van der Waals surface area contributed by atoms with Crippen LogP contribution < -0.4 is 0 Å². The van der Waals surface area contributed by atoms with Gasteiger partial charge in [0, 0.05) is 12.6 Å². The van der Waals surface area contributed by atoms with Crippen LogP contribution in [0.4, 0.5) is 0 Å². The maximum Gasteiger partial charge on any atom is 0.247 e. The number of amides is 1. The van der Waals surface area contributed by atoms with Gasteiger partial charge >= 0.3 is 0 Å². The summed E-state index contributed by atoms with van der Waals surface area (Å²) in [7, 11) is 0. The van der Waals surface area contributed by atoms with Crippen molar-refractivity contribution in [1.82, 2.24) is 14.9 Å². The summed E-state index contributed by atoms with van der Waals surface area (Å²) in [4.78, 5) is 22.6. The van der Waals surface area contributed by atoms with Crippen molar-refractivity contribution < 1.29 is 4.79 Å². The molecule has 0 saturated carbocycles. The number of aromatic nitrogens is 2. The second-order valence-corrected chi connectivity index (χ2v) is 7.15. The molecule has 1 unspecified atom stereocenters. The number of hydrogen-bond acceptors (Lipinski definition) is 2. The molecule has 0 bridgehead atoms. The van der Waals surface area contributed by atoms with Gasteiger partial charge < -0.3 is 9.88 Å². The van der Waals surface area contributed by atoms with Crippen molar-refractivity contribution in [3.8, 4) is 0 Å². The lowest BCUT2D eigenvalue weighted by Gasteiger charge is -2.21. The number of benzene rings is 2. The number of fused-ring (bicyclic) bond motifs is 1. The van der Waals surface area contributed by atoms with Crippen molar-refractivity contribution in [2.24, 2.45) is 0 Å². The van der Waals surface area contributed by atoms with Gasteiger partial charge in [-0.25, -0.2) is 4.98 Å². The smallest absolute Gasteiger partial charge is 0.247 e. The summed E-state index contributed by atoms with van der Waals surface area (Å²) in [5.74, 6) is 0.819. The number of rotatable bonds is 3. The molecule has 1 aliphatic rings. The van der Waals surface area contributed by atoms with Gasteiger partial charge in [-0.2, -0.15) is 0 Å². The van der Waals surface area contributed by atoms with Gasteiger partial charge in [0.05, 0.1) is 27.1 Å². The zero-order valence-corrected chi connectivity index (χ0v) is 15.5. The number of hydrogen-bond donors (Lipinski definition) is 1. The summed E-state index contributed by atoms with van der Waals surface area (Å²) in [6.07, 6.45) is 5.22. The Morgan fingerprint density at radius 1 is 1.19 bits per heavy atom. The van der Waals surface area contributed by atoms with E-state index in [1.54, 1.807) is 24.3 Å². The molecule has 1 N–H and O–H groups in total. The monoisotopic (exact) mass is 385 g/mol. The Bertz CT molecular complexity index is 963. The average Bonchev–Trinajstić information content (AvgIpc) is 3.28. The van der Waals surface area contributed by atoms with Gasteiger partial charge in [0.1, 0.15) is 5.82 Å². The third-order valence-corrected chi connectivity index (χ3v) is 5.36. The van der Waals surface area contributed by atoms with E-state index in [0.29, 0.717) is 10.0 Å². The molecule has 0 radical (unpaired) electrons. The first-order valence-electron chi connectivity index (χ1n) is 8.50. The Morgan fingerprint density at radius 3 is 2.85 bits per heavy atom. The molecule has 4 rings (SSSR count). The summed E-state index contributed by atoms with van der Waals surface area (Å²) < 4.78 is 0. The molecule has 1 amide bonds. The SMILES string of the molecule is O=C(/C=C/c1ccc(Cl)c(Cl)c1)N1CCCC1c1nc2ccccc2[nH]1. The highest BCUT2D eigenvalue weighted by Crippen LogP contribution is 2.31. The number of imidazole rings is 1. The summed E-state index contributed by atoms with van der Waals surface area (Å²) in [5, 5.41) is 0.974. The van der Waals surface area contributed by atoms with Crippen LogP contribution in [0.25, 0.3) is 17.1 Å². The minimum atomic E-state index is -0.0287. The van der Waals surface area contributed by atoms with E-state index in [4.69, 9.17) is 23.2 Å². The number of likely N-dealkylation sites (tertiary alicyclic amines) is 1. The number of aromatic amines is 1. The minimum Gasteiger partial charge on any atom is -0.340 e. The first-order chi connectivity index (χ1) is 12.6. The second-order valence-electron chi connectivity index (χ2n) is 6.34. The second kappa shape index (κ2) is 7.14. The molecule has 0 spiro atoms. The number of carbonyl (C=O) groups excluding carboxylic acids is 1. The fourth-order valence-electron chi connectivity index (χ4n) is 3.32. The van der Waals surface area contributed by atoms with E-state index >= 15 is 0 Å². The van der Waals surface area contributed by atoms with Gasteiger partial charge in [-0.15, -0.1) is 0 Å². The van der Waals surface area contributed by atoms with Gasteiger partial charge in [0.25, 0.3) is 0 Å². The summed E-state index contributed by atoms with van der Waals surface area (Å²) >= 11 is 12.0. The van der Waals surface area contributed by atoms with Crippen LogP contribution in [-0.4, -0.2) is 27.3 Å². The number of nitrogens with zero attached hydrogens (tertiary/aromatic N) is 2. The van der Waals surface area contributed by atoms with E-state index in [0.717, 1.165) is 41.8 Å². The highest BCUT2D eigenvalue weighted by Gasteiger charge is 2.31. The number of H-pyrrole nitrogens is 1. The normalized spacial score (nSPS) is 17.5. The fourth-order valence-corrected chi connectivity index (χ4v) is 3.63. The lowest BCUT2D eigenvalue weighted by molar-refractivity contribution is -0.126. The molecule has 4 nitrogen and oxygen atoms in total. The molecule has 26 heavy (non-hydrogen) atoms. The van der Waals surface area contributed by atoms with Gasteiger partial charge in [-0.05, 0) is 48.7 Å². The maximum atomic E-state index is 12.7. The van der Waals surface area contributed by atoms with E-state index in [2.05, 4.69) is 9.97 Å². The largest absolute Gasteiger partial charge is 0.340 e. The van der Waals surface area contributed by atoms with E-state index in [9.17, 15) is 4.79 Å². The molecular formula is C20H17Cl2N3O. The first kappa shape index (κ1) is 17.1. The molecule has 1 saturated heterocycles. The number of halogens is 2. The average molecular weight is 386 g/mol. The number of para-hydroxylation sites is 2.